The summed E-state index contributed by atoms with van der Waals surface area (Å²) in [5.41, 5.74) is 8.98. The van der Waals surface area contributed by atoms with E-state index in [4.69, 9.17) is 5.73 Å². The molecule has 10 nitrogen and oxygen atoms in total. The van der Waals surface area contributed by atoms with Crippen molar-refractivity contribution in [3.8, 4) is 0 Å². The first-order valence-electron chi connectivity index (χ1n) is 13.8. The summed E-state index contributed by atoms with van der Waals surface area (Å²) < 4.78 is 0. The van der Waals surface area contributed by atoms with Crippen LogP contribution in [0.15, 0.2) is 60.8 Å². The summed E-state index contributed by atoms with van der Waals surface area (Å²) in [6.07, 6.45) is 5.50. The number of hydrogen-bond donors (Lipinski definition) is 5. The van der Waals surface area contributed by atoms with E-state index in [1.807, 2.05) is 67.0 Å². The number of likely N-dealkylation sites (tertiary alicyclic amines) is 1. The lowest BCUT2D eigenvalue weighted by Gasteiger charge is -2.29. The van der Waals surface area contributed by atoms with E-state index in [0.717, 1.165) is 22.0 Å². The lowest BCUT2D eigenvalue weighted by molar-refractivity contribution is -0.149. The van der Waals surface area contributed by atoms with Gasteiger partial charge in [0.2, 0.25) is 17.7 Å². The number of hydrogen-bond acceptors (Lipinski definition) is 6. The van der Waals surface area contributed by atoms with Crippen LogP contribution in [0.25, 0.3) is 10.9 Å². The molecular weight excluding hydrogens is 542 g/mol. The molecular formula is C30H37N5O5S. The standard InChI is InChI=1S/C30H37N5O5S/c1-41-15-13-24(29(38)35-14-7-12-26(35)30(39)40)33-28(37)25(16-19-8-3-2-4-9-19)34-27(36)22(31)17-20-18-32-23-11-6-5-10-21(20)23/h2-6,8-11,18,22,24-26,32H,7,12-17,31H2,1H3,(H,33,37)(H,34,36)(H,39,40). The molecule has 41 heavy (non-hydrogen) atoms. The maximum Gasteiger partial charge on any atom is 0.326 e. The van der Waals surface area contributed by atoms with Crippen LogP contribution in [0, 0.1) is 0 Å². The van der Waals surface area contributed by atoms with Gasteiger partial charge in [0.1, 0.15) is 18.1 Å². The second kappa shape index (κ2) is 14.2. The number of aromatic amines is 1. The number of carbonyl (C=O) groups excluding carboxylic acids is 3. The van der Waals surface area contributed by atoms with E-state index < -0.39 is 47.9 Å². The van der Waals surface area contributed by atoms with Crippen molar-refractivity contribution in [3.63, 3.8) is 0 Å². The fourth-order valence-corrected chi connectivity index (χ4v) is 5.69. The number of amides is 3. The second-order valence-corrected chi connectivity index (χ2v) is 11.3. The van der Waals surface area contributed by atoms with Crippen LogP contribution in [-0.4, -0.2) is 81.4 Å². The topological polar surface area (TPSA) is 158 Å². The van der Waals surface area contributed by atoms with E-state index in [1.165, 1.54) is 16.7 Å². The van der Waals surface area contributed by atoms with Crippen molar-refractivity contribution in [2.75, 3.05) is 18.6 Å². The Kier molecular flexibility index (Phi) is 10.4. The van der Waals surface area contributed by atoms with Crippen molar-refractivity contribution >= 4 is 46.4 Å². The third-order valence-electron chi connectivity index (χ3n) is 7.41. The Morgan fingerprint density at radius 2 is 1.73 bits per heavy atom. The van der Waals surface area contributed by atoms with Gasteiger partial charge in [-0.1, -0.05) is 48.5 Å². The number of benzene rings is 2. The normalized spacial score (nSPS) is 17.1. The van der Waals surface area contributed by atoms with Crippen LogP contribution >= 0.6 is 11.8 Å². The number of H-pyrrole nitrogens is 1. The molecule has 218 valence electrons. The maximum atomic E-state index is 13.6. The minimum Gasteiger partial charge on any atom is -0.480 e. The van der Waals surface area contributed by atoms with Crippen LogP contribution in [0.2, 0.25) is 0 Å². The molecule has 2 heterocycles. The molecule has 1 aliphatic rings. The molecule has 0 radical (unpaired) electrons. The van der Waals surface area contributed by atoms with Gasteiger partial charge in [0.05, 0.1) is 6.04 Å². The highest BCUT2D eigenvalue weighted by molar-refractivity contribution is 7.98. The number of fused-ring (bicyclic) bond motifs is 1. The monoisotopic (exact) mass is 579 g/mol. The Morgan fingerprint density at radius 3 is 2.46 bits per heavy atom. The summed E-state index contributed by atoms with van der Waals surface area (Å²) in [5, 5.41) is 16.2. The van der Waals surface area contributed by atoms with Gasteiger partial charge in [-0.15, -0.1) is 0 Å². The molecule has 0 bridgehead atoms. The van der Waals surface area contributed by atoms with Crippen molar-refractivity contribution in [3.05, 3.63) is 71.9 Å². The first-order valence-corrected chi connectivity index (χ1v) is 15.1. The molecule has 0 spiro atoms. The molecule has 0 aliphatic carbocycles. The molecule has 1 saturated heterocycles. The van der Waals surface area contributed by atoms with E-state index in [-0.39, 0.29) is 12.8 Å². The predicted octanol–water partition coefficient (Wildman–Crippen LogP) is 2.08. The highest BCUT2D eigenvalue weighted by Gasteiger charge is 2.38. The van der Waals surface area contributed by atoms with Gasteiger partial charge in [-0.2, -0.15) is 11.8 Å². The molecule has 4 rings (SSSR count). The molecule has 1 fully saturated rings. The number of nitrogens with one attached hydrogen (secondary N) is 3. The Balaban J connectivity index is 1.50. The molecule has 2 aromatic carbocycles. The van der Waals surface area contributed by atoms with Crippen LogP contribution in [0.4, 0.5) is 0 Å². The number of nitrogens with zero attached hydrogens (tertiary/aromatic N) is 1. The van der Waals surface area contributed by atoms with Gasteiger partial charge in [-0.25, -0.2) is 4.79 Å². The van der Waals surface area contributed by atoms with Gasteiger partial charge in [-0.3, -0.25) is 14.4 Å². The number of thioether (sulfide) groups is 1. The molecule has 1 aromatic heterocycles. The number of rotatable bonds is 13. The van der Waals surface area contributed by atoms with Crippen LogP contribution in [0.3, 0.4) is 0 Å². The summed E-state index contributed by atoms with van der Waals surface area (Å²) in [5.74, 6) is -1.88. The van der Waals surface area contributed by atoms with Gasteiger partial charge >= 0.3 is 5.97 Å². The maximum absolute atomic E-state index is 13.6. The third kappa shape index (κ3) is 7.68. The quantitative estimate of drug-likeness (QED) is 0.207. The van der Waals surface area contributed by atoms with Crippen molar-refractivity contribution in [1.82, 2.24) is 20.5 Å². The number of carbonyl (C=O) groups is 4. The van der Waals surface area contributed by atoms with E-state index >= 15 is 0 Å². The number of nitrogens with two attached hydrogens (primary N) is 1. The summed E-state index contributed by atoms with van der Waals surface area (Å²) in [4.78, 5) is 56.6. The first-order chi connectivity index (χ1) is 19.8. The van der Waals surface area contributed by atoms with Crippen LogP contribution in [0.1, 0.15) is 30.4 Å². The highest BCUT2D eigenvalue weighted by Crippen LogP contribution is 2.21. The minimum absolute atomic E-state index is 0.198. The molecule has 1 aliphatic heterocycles. The Labute approximate surface area is 243 Å². The number of aliphatic carboxylic acids is 1. The summed E-state index contributed by atoms with van der Waals surface area (Å²) in [6, 6.07) is 13.3. The molecule has 4 atom stereocenters. The number of carboxylic acids is 1. The molecule has 4 unspecified atom stereocenters. The highest BCUT2D eigenvalue weighted by atomic mass is 32.2. The average molecular weight is 580 g/mol. The van der Waals surface area contributed by atoms with Gasteiger partial charge in [0.15, 0.2) is 0 Å². The number of carboxylic acid groups (broad SMARTS) is 1. The zero-order chi connectivity index (χ0) is 29.4. The smallest absolute Gasteiger partial charge is 0.326 e. The zero-order valence-corrected chi connectivity index (χ0v) is 23.9. The van der Waals surface area contributed by atoms with Crippen molar-refractivity contribution < 1.29 is 24.3 Å². The van der Waals surface area contributed by atoms with Crippen molar-refractivity contribution in [2.24, 2.45) is 5.73 Å². The lowest BCUT2D eigenvalue weighted by Crippen LogP contribution is -2.58. The third-order valence-corrected chi connectivity index (χ3v) is 8.06. The molecule has 11 heteroatoms. The number of aromatic nitrogens is 1. The van der Waals surface area contributed by atoms with Gasteiger partial charge in [0.25, 0.3) is 0 Å². The fraction of sp³-hybridized carbons (Fsp3) is 0.400. The average Bonchev–Trinajstić information content (AvgIpc) is 3.63. The summed E-state index contributed by atoms with van der Waals surface area (Å²) >= 11 is 1.52. The van der Waals surface area contributed by atoms with E-state index in [0.29, 0.717) is 31.6 Å². The van der Waals surface area contributed by atoms with Crippen molar-refractivity contribution in [1.29, 1.82) is 0 Å². The Morgan fingerprint density at radius 1 is 1.02 bits per heavy atom. The molecule has 0 saturated carbocycles. The summed E-state index contributed by atoms with van der Waals surface area (Å²) in [6.45, 7) is 0.328. The van der Waals surface area contributed by atoms with E-state index in [9.17, 15) is 24.3 Å². The zero-order valence-electron chi connectivity index (χ0n) is 23.0. The van der Waals surface area contributed by atoms with Gasteiger partial charge < -0.3 is 31.4 Å². The minimum atomic E-state index is -1.05. The molecule has 6 N–H and O–H groups in total. The Hall–Kier alpha value is -3.83. The van der Waals surface area contributed by atoms with Crippen molar-refractivity contribution in [2.45, 2.75) is 56.3 Å². The number of para-hydroxylation sites is 1. The summed E-state index contributed by atoms with van der Waals surface area (Å²) in [7, 11) is 0. The fourth-order valence-electron chi connectivity index (χ4n) is 5.22. The Bertz CT molecular complexity index is 1360. The van der Waals surface area contributed by atoms with Gasteiger partial charge in [-0.05, 0) is 54.9 Å². The lowest BCUT2D eigenvalue weighted by atomic mass is 10.0. The largest absolute Gasteiger partial charge is 0.480 e. The first kappa shape index (κ1) is 30.1. The van der Waals surface area contributed by atoms with E-state index in [2.05, 4.69) is 15.6 Å². The predicted molar refractivity (Wildman–Crippen MR) is 159 cm³/mol. The van der Waals surface area contributed by atoms with Crippen LogP contribution in [-0.2, 0) is 32.0 Å². The van der Waals surface area contributed by atoms with Crippen LogP contribution < -0.4 is 16.4 Å². The second-order valence-electron chi connectivity index (χ2n) is 10.3. The molecule has 3 aromatic rings. The molecule has 3 amide bonds. The van der Waals surface area contributed by atoms with Crippen LogP contribution in [0.5, 0.6) is 0 Å². The van der Waals surface area contributed by atoms with Gasteiger partial charge in [0, 0.05) is 30.1 Å². The SMILES string of the molecule is CSCCC(NC(=O)C(Cc1ccccc1)NC(=O)C(N)Cc1c[nH]c2ccccc12)C(=O)N1CCCC1C(=O)O. The van der Waals surface area contributed by atoms with E-state index in [1.54, 1.807) is 0 Å².